The predicted octanol–water partition coefficient (Wildman–Crippen LogP) is 2.15. The molecule has 20 heavy (non-hydrogen) atoms. The molecule has 1 unspecified atom stereocenters. The first-order chi connectivity index (χ1) is 9.76. The highest BCUT2D eigenvalue weighted by Crippen LogP contribution is 2.18. The van der Waals surface area contributed by atoms with Gasteiger partial charge in [-0.1, -0.05) is 0 Å². The Morgan fingerprint density at radius 2 is 2.40 bits per heavy atom. The van der Waals surface area contributed by atoms with Crippen molar-refractivity contribution in [3.8, 4) is 0 Å². The maximum absolute atomic E-state index is 12.7. The van der Waals surface area contributed by atoms with Crippen LogP contribution in [0.5, 0.6) is 0 Å². The third-order valence-electron chi connectivity index (χ3n) is 3.54. The van der Waals surface area contributed by atoms with Crippen LogP contribution in [0.4, 0.5) is 5.69 Å². The van der Waals surface area contributed by atoms with E-state index in [0.29, 0.717) is 18.7 Å². The molecule has 0 spiro atoms. The molecule has 1 atom stereocenters. The number of hydrogen-bond donors (Lipinski definition) is 1. The smallest absolute Gasteiger partial charge is 0.256 e. The van der Waals surface area contributed by atoms with E-state index in [1.165, 1.54) is 0 Å². The molecule has 1 N–H and O–H groups in total. The number of nitrogens with one attached hydrogen (secondary N) is 1. The number of carbonyl (C=O) groups excluding carboxylic acids is 1. The molecule has 0 aliphatic carbocycles. The molecule has 1 amide bonds. The molecule has 0 radical (unpaired) electrons. The number of ether oxygens (including phenoxy) is 1. The molecule has 1 aliphatic heterocycles. The van der Waals surface area contributed by atoms with Crippen LogP contribution in [0.2, 0.25) is 0 Å². The highest BCUT2D eigenvalue weighted by molar-refractivity contribution is 5.99. The van der Waals surface area contributed by atoms with Gasteiger partial charge in [0, 0.05) is 32.4 Å². The molecule has 5 nitrogen and oxygen atoms in total. The number of aromatic nitrogens is 1. The van der Waals surface area contributed by atoms with E-state index in [-0.39, 0.29) is 12.0 Å². The van der Waals surface area contributed by atoms with Crippen molar-refractivity contribution in [3.63, 3.8) is 0 Å². The van der Waals surface area contributed by atoms with E-state index in [2.05, 4.69) is 10.3 Å². The van der Waals surface area contributed by atoms with Gasteiger partial charge >= 0.3 is 0 Å². The number of pyridine rings is 1. The zero-order valence-electron chi connectivity index (χ0n) is 12.3. The maximum Gasteiger partial charge on any atom is 0.256 e. The summed E-state index contributed by atoms with van der Waals surface area (Å²) in [5, 5.41) is 3.19. The summed E-state index contributed by atoms with van der Waals surface area (Å²) in [6, 6.07) is 1.78. The summed E-state index contributed by atoms with van der Waals surface area (Å²) in [6.45, 7) is 6.94. The van der Waals surface area contributed by atoms with E-state index in [9.17, 15) is 4.79 Å². The lowest BCUT2D eigenvalue weighted by Gasteiger charge is -2.25. The van der Waals surface area contributed by atoms with Crippen LogP contribution in [0.15, 0.2) is 18.5 Å². The molecular formula is C15H23N3O2. The van der Waals surface area contributed by atoms with Gasteiger partial charge in [-0.3, -0.25) is 9.78 Å². The third kappa shape index (κ3) is 3.48. The van der Waals surface area contributed by atoms with E-state index < -0.39 is 0 Å². The van der Waals surface area contributed by atoms with Gasteiger partial charge in [-0.2, -0.15) is 0 Å². The molecule has 1 aliphatic rings. The second-order valence-electron chi connectivity index (χ2n) is 4.93. The Kier molecular flexibility index (Phi) is 5.35. The second kappa shape index (κ2) is 7.24. The maximum atomic E-state index is 12.7. The Morgan fingerprint density at radius 1 is 1.55 bits per heavy atom. The minimum absolute atomic E-state index is 0.0429. The lowest BCUT2D eigenvalue weighted by molar-refractivity contribution is 0.0540. The quantitative estimate of drug-likeness (QED) is 0.865. The van der Waals surface area contributed by atoms with Gasteiger partial charge in [0.05, 0.1) is 23.6 Å². The van der Waals surface area contributed by atoms with Gasteiger partial charge in [0.2, 0.25) is 0 Å². The highest BCUT2D eigenvalue weighted by atomic mass is 16.5. The van der Waals surface area contributed by atoms with Crippen LogP contribution >= 0.6 is 0 Å². The third-order valence-corrected chi connectivity index (χ3v) is 3.54. The number of amides is 1. The van der Waals surface area contributed by atoms with E-state index in [4.69, 9.17) is 4.74 Å². The molecule has 110 valence electrons. The Hall–Kier alpha value is -1.62. The normalized spacial score (nSPS) is 18.0. The first-order valence-electron chi connectivity index (χ1n) is 7.35. The number of anilines is 1. The zero-order valence-corrected chi connectivity index (χ0v) is 12.3. The fourth-order valence-electron chi connectivity index (χ4n) is 2.47. The summed E-state index contributed by atoms with van der Waals surface area (Å²) in [7, 11) is 0. The van der Waals surface area contributed by atoms with Crippen LogP contribution in [0.25, 0.3) is 0 Å². The molecule has 0 aromatic carbocycles. The number of likely N-dealkylation sites (N-methyl/N-ethyl adjacent to an activating group) is 1. The Morgan fingerprint density at radius 3 is 3.05 bits per heavy atom. The van der Waals surface area contributed by atoms with Gasteiger partial charge < -0.3 is 15.0 Å². The monoisotopic (exact) mass is 277 g/mol. The van der Waals surface area contributed by atoms with Crippen molar-refractivity contribution < 1.29 is 9.53 Å². The minimum atomic E-state index is 0.0429. The van der Waals surface area contributed by atoms with Gasteiger partial charge in [-0.05, 0) is 32.8 Å². The fourth-order valence-corrected chi connectivity index (χ4v) is 2.47. The largest absolute Gasteiger partial charge is 0.383 e. The first-order valence-corrected chi connectivity index (χ1v) is 7.35. The van der Waals surface area contributed by atoms with Crippen molar-refractivity contribution in [2.45, 2.75) is 32.8 Å². The molecule has 1 saturated heterocycles. The van der Waals surface area contributed by atoms with E-state index in [1.807, 2.05) is 18.7 Å². The SMILES string of the molecule is CCNc1cnccc1C(=O)N(CC)CC1CCCO1. The number of nitrogens with zero attached hydrogens (tertiary/aromatic N) is 2. The van der Waals surface area contributed by atoms with Crippen LogP contribution in [0.1, 0.15) is 37.0 Å². The minimum Gasteiger partial charge on any atom is -0.383 e. The summed E-state index contributed by atoms with van der Waals surface area (Å²) >= 11 is 0. The van der Waals surface area contributed by atoms with Gasteiger partial charge in [-0.25, -0.2) is 0 Å². The molecule has 0 saturated carbocycles. The van der Waals surface area contributed by atoms with Crippen molar-refractivity contribution in [1.82, 2.24) is 9.88 Å². The summed E-state index contributed by atoms with van der Waals surface area (Å²) in [5.74, 6) is 0.0429. The van der Waals surface area contributed by atoms with Crippen molar-refractivity contribution in [2.24, 2.45) is 0 Å². The summed E-state index contributed by atoms with van der Waals surface area (Å²) in [5.41, 5.74) is 1.48. The number of hydrogen-bond acceptors (Lipinski definition) is 4. The van der Waals surface area contributed by atoms with Crippen LogP contribution in [-0.4, -0.2) is 48.1 Å². The summed E-state index contributed by atoms with van der Waals surface area (Å²) in [6.07, 6.45) is 5.68. The average Bonchev–Trinajstić information content (AvgIpc) is 2.98. The lowest BCUT2D eigenvalue weighted by atomic mass is 10.1. The molecule has 1 aromatic heterocycles. The average molecular weight is 277 g/mol. The Bertz CT molecular complexity index is 444. The van der Waals surface area contributed by atoms with Crippen LogP contribution < -0.4 is 5.32 Å². The van der Waals surface area contributed by atoms with E-state index in [1.54, 1.807) is 18.5 Å². The predicted molar refractivity (Wildman–Crippen MR) is 79.0 cm³/mol. The number of rotatable bonds is 6. The second-order valence-corrected chi connectivity index (χ2v) is 4.93. The summed E-state index contributed by atoms with van der Waals surface area (Å²) in [4.78, 5) is 18.6. The van der Waals surface area contributed by atoms with Gasteiger partial charge in [-0.15, -0.1) is 0 Å². The van der Waals surface area contributed by atoms with Crippen LogP contribution in [0, 0.1) is 0 Å². The molecule has 2 rings (SSSR count). The van der Waals surface area contributed by atoms with Crippen molar-refractivity contribution in [2.75, 3.05) is 31.6 Å². The van der Waals surface area contributed by atoms with E-state index in [0.717, 1.165) is 31.7 Å². The molecule has 2 heterocycles. The fraction of sp³-hybridized carbons (Fsp3) is 0.600. The molecule has 1 aromatic rings. The first kappa shape index (κ1) is 14.8. The van der Waals surface area contributed by atoms with E-state index >= 15 is 0 Å². The lowest BCUT2D eigenvalue weighted by Crippen LogP contribution is -2.37. The van der Waals surface area contributed by atoms with Gasteiger partial charge in [0.15, 0.2) is 0 Å². The molecule has 5 heteroatoms. The van der Waals surface area contributed by atoms with Crippen molar-refractivity contribution in [1.29, 1.82) is 0 Å². The van der Waals surface area contributed by atoms with Crippen LogP contribution in [0.3, 0.4) is 0 Å². The highest BCUT2D eigenvalue weighted by Gasteiger charge is 2.23. The van der Waals surface area contributed by atoms with Gasteiger partial charge in [0.25, 0.3) is 5.91 Å². The van der Waals surface area contributed by atoms with Crippen LogP contribution in [-0.2, 0) is 4.74 Å². The Balaban J connectivity index is 2.10. The molecule has 1 fully saturated rings. The Labute approximate surface area is 120 Å². The van der Waals surface area contributed by atoms with Gasteiger partial charge in [0.1, 0.15) is 0 Å². The van der Waals surface area contributed by atoms with Crippen molar-refractivity contribution >= 4 is 11.6 Å². The summed E-state index contributed by atoms with van der Waals surface area (Å²) < 4.78 is 5.63. The molecule has 0 bridgehead atoms. The number of carbonyl (C=O) groups is 1. The van der Waals surface area contributed by atoms with Crippen molar-refractivity contribution in [3.05, 3.63) is 24.0 Å². The standard InChI is InChI=1S/C15H23N3O2/c1-3-17-14-10-16-8-7-13(14)15(19)18(4-2)11-12-6-5-9-20-12/h7-8,10,12,17H,3-6,9,11H2,1-2H3. The zero-order chi connectivity index (χ0) is 14.4. The topological polar surface area (TPSA) is 54.5 Å². The molecular weight excluding hydrogens is 254 g/mol.